The lowest BCUT2D eigenvalue weighted by Gasteiger charge is -2.17. The predicted octanol–water partition coefficient (Wildman–Crippen LogP) is 2.97. The topological polar surface area (TPSA) is 101 Å². The average Bonchev–Trinajstić information content (AvgIpc) is 2.41. The van der Waals surface area contributed by atoms with Crippen LogP contribution in [0.25, 0.3) is 0 Å². The fourth-order valence-electron chi connectivity index (χ4n) is 1.38. The molecule has 0 amide bonds. The van der Waals surface area contributed by atoms with E-state index in [1.807, 2.05) is 22.6 Å². The van der Waals surface area contributed by atoms with Gasteiger partial charge in [0.2, 0.25) is 0 Å². The Kier molecular flexibility index (Phi) is 6.92. The van der Waals surface area contributed by atoms with Crippen molar-refractivity contribution in [1.29, 1.82) is 0 Å². The minimum atomic E-state index is -5.91. The first-order valence-electron chi connectivity index (χ1n) is 5.72. The van der Waals surface area contributed by atoms with Crippen LogP contribution in [0.1, 0.15) is 16.8 Å². The molecule has 6 nitrogen and oxygen atoms in total. The Hall–Kier alpha value is -0.350. The SMILES string of the molecule is O=C(OCCC(F)C(F)(F)S(=O)(=O)O)c1cc(I)cc(I)c1O. The Balaban J connectivity index is 2.72. The maximum Gasteiger partial charge on any atom is 0.400 e. The minimum Gasteiger partial charge on any atom is -0.506 e. The van der Waals surface area contributed by atoms with Crippen molar-refractivity contribution in [3.8, 4) is 5.75 Å². The zero-order valence-electron chi connectivity index (χ0n) is 11.0. The molecule has 12 heteroatoms. The molecule has 0 fully saturated rings. The molecule has 2 N–H and O–H groups in total. The van der Waals surface area contributed by atoms with Crippen molar-refractivity contribution < 1.29 is 40.8 Å². The molecule has 1 aromatic carbocycles. The number of phenols is 1. The number of esters is 1. The number of benzene rings is 1. The van der Waals surface area contributed by atoms with Crippen LogP contribution in [-0.2, 0) is 14.9 Å². The average molecular weight is 580 g/mol. The van der Waals surface area contributed by atoms with Gasteiger partial charge in [-0.25, -0.2) is 9.18 Å². The fourth-order valence-corrected chi connectivity index (χ4v) is 3.67. The molecule has 1 unspecified atom stereocenters. The van der Waals surface area contributed by atoms with Crippen molar-refractivity contribution in [1.82, 2.24) is 0 Å². The first-order valence-corrected chi connectivity index (χ1v) is 9.31. The molecule has 0 spiro atoms. The molecular weight excluding hydrogens is 571 g/mol. The normalized spacial score (nSPS) is 13.7. The van der Waals surface area contributed by atoms with Crippen LogP contribution in [0.3, 0.4) is 0 Å². The van der Waals surface area contributed by atoms with E-state index in [2.05, 4.69) is 4.74 Å². The highest BCUT2D eigenvalue weighted by atomic mass is 127. The van der Waals surface area contributed by atoms with Crippen LogP contribution < -0.4 is 0 Å². The van der Waals surface area contributed by atoms with E-state index in [4.69, 9.17) is 4.55 Å². The second-order valence-corrected chi connectivity index (χ2v) is 8.12. The van der Waals surface area contributed by atoms with Crippen molar-refractivity contribution >= 4 is 61.3 Å². The molecule has 0 saturated heterocycles. The third-order valence-electron chi connectivity index (χ3n) is 2.56. The summed E-state index contributed by atoms with van der Waals surface area (Å²) in [5.74, 6) is -1.46. The molecular formula is C11H9F3I2O6S. The molecule has 23 heavy (non-hydrogen) atoms. The lowest BCUT2D eigenvalue weighted by molar-refractivity contribution is -0.0163. The van der Waals surface area contributed by atoms with Gasteiger partial charge in [-0.1, -0.05) is 0 Å². The molecule has 0 aliphatic heterocycles. The molecule has 0 heterocycles. The van der Waals surface area contributed by atoms with Gasteiger partial charge in [-0.15, -0.1) is 0 Å². The van der Waals surface area contributed by atoms with E-state index in [1.165, 1.54) is 6.07 Å². The summed E-state index contributed by atoms with van der Waals surface area (Å²) in [6.45, 7) is -0.868. The highest BCUT2D eigenvalue weighted by molar-refractivity contribution is 14.1. The summed E-state index contributed by atoms with van der Waals surface area (Å²) in [6.07, 6.45) is -4.41. The predicted molar refractivity (Wildman–Crippen MR) is 89.8 cm³/mol. The van der Waals surface area contributed by atoms with Crippen molar-refractivity contribution in [2.24, 2.45) is 0 Å². The van der Waals surface area contributed by atoms with Crippen LogP contribution in [0.15, 0.2) is 12.1 Å². The lowest BCUT2D eigenvalue weighted by atomic mass is 10.2. The van der Waals surface area contributed by atoms with Crippen LogP contribution in [0, 0.1) is 7.14 Å². The van der Waals surface area contributed by atoms with Gasteiger partial charge in [-0.3, -0.25) is 4.55 Å². The third kappa shape index (κ3) is 5.06. The van der Waals surface area contributed by atoms with E-state index in [0.717, 1.165) is 0 Å². The second kappa shape index (κ2) is 7.69. The van der Waals surface area contributed by atoms with E-state index in [1.54, 1.807) is 28.7 Å². The first kappa shape index (κ1) is 20.7. The van der Waals surface area contributed by atoms with Crippen LogP contribution in [-0.4, -0.2) is 42.1 Å². The third-order valence-corrected chi connectivity index (χ3v) is 4.95. The molecule has 0 aliphatic rings. The number of hydrogen-bond acceptors (Lipinski definition) is 5. The number of rotatable bonds is 6. The van der Waals surface area contributed by atoms with E-state index in [9.17, 15) is 31.5 Å². The zero-order chi connectivity index (χ0) is 18.0. The van der Waals surface area contributed by atoms with E-state index < -0.39 is 40.5 Å². The fraction of sp³-hybridized carbons (Fsp3) is 0.364. The summed E-state index contributed by atoms with van der Waals surface area (Å²) in [4.78, 5) is 11.7. The van der Waals surface area contributed by atoms with Gasteiger partial charge < -0.3 is 9.84 Å². The van der Waals surface area contributed by atoms with Gasteiger partial charge >= 0.3 is 21.3 Å². The number of ether oxygens (including phenoxy) is 1. The zero-order valence-corrected chi connectivity index (χ0v) is 16.1. The standard InChI is InChI=1S/C11H9F3I2O6S/c12-8(11(13,14)23(19,20)21)1-2-22-10(18)6-3-5(15)4-7(16)9(6)17/h3-4,8,17H,1-2H2,(H,19,20,21). The van der Waals surface area contributed by atoms with Crippen molar-refractivity contribution in [2.75, 3.05) is 6.61 Å². The van der Waals surface area contributed by atoms with E-state index in [-0.39, 0.29) is 11.3 Å². The molecule has 0 saturated carbocycles. The lowest BCUT2D eigenvalue weighted by Crippen LogP contribution is -2.39. The Labute approximate surface area is 156 Å². The van der Waals surface area contributed by atoms with Gasteiger partial charge in [-0.2, -0.15) is 17.2 Å². The Morgan fingerprint density at radius 3 is 2.43 bits per heavy atom. The molecule has 0 aromatic heterocycles. The van der Waals surface area contributed by atoms with Crippen molar-refractivity contribution in [3.63, 3.8) is 0 Å². The first-order chi connectivity index (χ1) is 10.4. The van der Waals surface area contributed by atoms with Gasteiger partial charge in [0.1, 0.15) is 11.3 Å². The summed E-state index contributed by atoms with van der Waals surface area (Å²) in [5, 5.41) is 4.72. The number of carbonyl (C=O) groups excluding carboxylic acids is 1. The second-order valence-electron chi connectivity index (χ2n) is 4.21. The number of phenolic OH excluding ortho intramolecular Hbond substituents is 1. The molecule has 0 aliphatic carbocycles. The van der Waals surface area contributed by atoms with Gasteiger partial charge in [0.15, 0.2) is 6.17 Å². The van der Waals surface area contributed by atoms with Crippen LogP contribution in [0.5, 0.6) is 5.75 Å². The highest BCUT2D eigenvalue weighted by Crippen LogP contribution is 2.30. The van der Waals surface area contributed by atoms with Crippen LogP contribution in [0.2, 0.25) is 0 Å². The van der Waals surface area contributed by atoms with Crippen molar-refractivity contribution in [2.45, 2.75) is 17.8 Å². The Morgan fingerprint density at radius 1 is 1.35 bits per heavy atom. The smallest absolute Gasteiger partial charge is 0.400 e. The van der Waals surface area contributed by atoms with Crippen LogP contribution in [0.4, 0.5) is 13.2 Å². The molecule has 0 radical (unpaired) electrons. The number of hydrogen-bond donors (Lipinski definition) is 2. The monoisotopic (exact) mass is 580 g/mol. The number of halogens is 5. The van der Waals surface area contributed by atoms with E-state index in [0.29, 0.717) is 7.14 Å². The highest BCUT2D eigenvalue weighted by Gasteiger charge is 2.52. The summed E-state index contributed by atoms with van der Waals surface area (Å²) in [5.41, 5.74) is -0.238. The molecule has 1 aromatic rings. The Bertz CT molecular complexity index is 710. The van der Waals surface area contributed by atoms with Gasteiger partial charge in [0.05, 0.1) is 10.2 Å². The van der Waals surface area contributed by atoms with Crippen molar-refractivity contribution in [3.05, 3.63) is 24.8 Å². The van der Waals surface area contributed by atoms with Gasteiger partial charge in [0.25, 0.3) is 0 Å². The summed E-state index contributed by atoms with van der Waals surface area (Å²) >= 11 is 3.63. The summed E-state index contributed by atoms with van der Waals surface area (Å²) in [7, 11) is -5.91. The number of alkyl halides is 3. The maximum absolute atomic E-state index is 13.2. The van der Waals surface area contributed by atoms with Gasteiger partial charge in [0, 0.05) is 9.99 Å². The quantitative estimate of drug-likeness (QED) is 0.305. The molecule has 1 atom stereocenters. The largest absolute Gasteiger partial charge is 0.506 e. The van der Waals surface area contributed by atoms with E-state index >= 15 is 0 Å². The molecule has 130 valence electrons. The van der Waals surface area contributed by atoms with Gasteiger partial charge in [-0.05, 0) is 57.3 Å². The maximum atomic E-state index is 13.2. The van der Waals surface area contributed by atoms with Crippen LogP contribution >= 0.6 is 45.2 Å². The minimum absolute atomic E-state index is 0.238. The summed E-state index contributed by atoms with van der Waals surface area (Å²) in [6, 6.07) is 2.84. The number of carbonyl (C=O) groups is 1. The molecule has 0 bridgehead atoms. The molecule has 1 rings (SSSR count). The summed E-state index contributed by atoms with van der Waals surface area (Å²) < 4.78 is 73.5. The number of aromatic hydroxyl groups is 1. The Morgan fingerprint density at radius 2 is 1.91 bits per heavy atom.